The first-order valence-corrected chi connectivity index (χ1v) is 10.8. The number of methoxy groups -OCH3 is 1. The third-order valence-corrected chi connectivity index (χ3v) is 5.84. The lowest BCUT2D eigenvalue weighted by Crippen LogP contribution is -2.38. The molecule has 29 heavy (non-hydrogen) atoms. The fourth-order valence-electron chi connectivity index (χ4n) is 2.55. The Morgan fingerprint density at radius 3 is 2.72 bits per heavy atom. The molecule has 0 aliphatic carbocycles. The van der Waals surface area contributed by atoms with Crippen LogP contribution in [0.25, 0.3) is 0 Å². The zero-order valence-corrected chi connectivity index (χ0v) is 18.7. The Kier molecular flexibility index (Phi) is 9.81. The first-order chi connectivity index (χ1) is 13.9. The number of hydrogen-bond donors (Lipinski definition) is 1. The van der Waals surface area contributed by atoms with Crippen LogP contribution in [-0.2, 0) is 15.3 Å². The Morgan fingerprint density at radius 2 is 1.97 bits per heavy atom. The van der Waals surface area contributed by atoms with Crippen molar-refractivity contribution in [2.24, 2.45) is 0 Å². The maximum absolute atomic E-state index is 12.7. The molecular weight excluding hydrogens is 431 g/mol. The lowest BCUT2D eigenvalue weighted by molar-refractivity contribution is -0.121. The molecule has 0 fully saturated rings. The minimum absolute atomic E-state index is 0.00289. The van der Waals surface area contributed by atoms with Gasteiger partial charge in [0, 0.05) is 48.5 Å². The number of amides is 2. The molecule has 156 valence electrons. The van der Waals surface area contributed by atoms with Crippen LogP contribution in [0.4, 0.5) is 0 Å². The third-order valence-electron chi connectivity index (χ3n) is 4.04. The highest BCUT2D eigenvalue weighted by Gasteiger charge is 2.15. The molecule has 1 N–H and O–H groups in total. The van der Waals surface area contributed by atoms with E-state index < -0.39 is 0 Å². The summed E-state index contributed by atoms with van der Waals surface area (Å²) >= 11 is 13.8. The van der Waals surface area contributed by atoms with Gasteiger partial charge in [-0.15, -0.1) is 11.8 Å². The molecular formula is C21H24Cl2N2O3S. The van der Waals surface area contributed by atoms with Crippen LogP contribution < -0.4 is 5.32 Å². The van der Waals surface area contributed by atoms with Gasteiger partial charge < -0.3 is 15.0 Å². The number of nitrogens with zero attached hydrogens (tertiary/aromatic N) is 1. The van der Waals surface area contributed by atoms with Crippen LogP contribution in [0.15, 0.2) is 47.4 Å². The quantitative estimate of drug-likeness (QED) is 0.423. The van der Waals surface area contributed by atoms with Gasteiger partial charge in [0.05, 0.1) is 11.6 Å². The molecule has 2 amide bonds. The number of carbonyl (C=O) groups is 2. The predicted octanol–water partition coefficient (Wildman–Crippen LogP) is 4.51. The maximum Gasteiger partial charge on any atom is 0.254 e. The van der Waals surface area contributed by atoms with Crippen molar-refractivity contribution in [3.8, 4) is 0 Å². The molecule has 0 aromatic heterocycles. The summed E-state index contributed by atoms with van der Waals surface area (Å²) in [5.74, 6) is 0.245. The maximum atomic E-state index is 12.7. The van der Waals surface area contributed by atoms with Gasteiger partial charge >= 0.3 is 0 Å². The Morgan fingerprint density at radius 1 is 1.17 bits per heavy atom. The van der Waals surface area contributed by atoms with Crippen molar-refractivity contribution in [2.45, 2.75) is 17.1 Å². The monoisotopic (exact) mass is 454 g/mol. The highest BCUT2D eigenvalue weighted by Crippen LogP contribution is 2.32. The molecule has 0 aliphatic heterocycles. The number of hydrogen-bond acceptors (Lipinski definition) is 4. The fraction of sp³-hybridized carbons (Fsp3) is 0.333. The van der Waals surface area contributed by atoms with Gasteiger partial charge in [-0.2, -0.15) is 0 Å². The summed E-state index contributed by atoms with van der Waals surface area (Å²) in [6.45, 7) is 1.11. The summed E-state index contributed by atoms with van der Waals surface area (Å²) in [5.41, 5.74) is 1.52. The molecule has 5 nitrogen and oxygen atoms in total. The van der Waals surface area contributed by atoms with Crippen molar-refractivity contribution >= 4 is 46.8 Å². The second-order valence-corrected chi connectivity index (χ2v) is 8.28. The van der Waals surface area contributed by atoms with Gasteiger partial charge in [0.1, 0.15) is 0 Å². The zero-order valence-electron chi connectivity index (χ0n) is 16.4. The number of ether oxygens (including phenoxy) is 1. The molecule has 0 unspecified atom stereocenters. The van der Waals surface area contributed by atoms with Crippen molar-refractivity contribution in [3.63, 3.8) is 0 Å². The number of likely N-dealkylation sites (N-methyl/N-ethyl adjacent to an activating group) is 1. The Bertz CT molecular complexity index is 848. The molecule has 2 rings (SSSR count). The van der Waals surface area contributed by atoms with E-state index in [9.17, 15) is 9.59 Å². The molecule has 0 saturated heterocycles. The van der Waals surface area contributed by atoms with Gasteiger partial charge in [0.25, 0.3) is 5.91 Å². The summed E-state index contributed by atoms with van der Waals surface area (Å²) in [4.78, 5) is 26.9. The second-order valence-electron chi connectivity index (χ2n) is 6.42. The normalized spacial score (nSPS) is 10.6. The van der Waals surface area contributed by atoms with E-state index in [1.807, 2.05) is 24.3 Å². The van der Waals surface area contributed by atoms with Gasteiger partial charge in [0.2, 0.25) is 5.91 Å². The number of halogens is 2. The van der Waals surface area contributed by atoms with E-state index >= 15 is 0 Å². The van der Waals surface area contributed by atoms with E-state index in [4.69, 9.17) is 27.9 Å². The minimum atomic E-state index is -0.204. The van der Waals surface area contributed by atoms with Crippen LogP contribution in [0.1, 0.15) is 22.3 Å². The average Bonchev–Trinajstić information content (AvgIpc) is 2.71. The van der Waals surface area contributed by atoms with Crippen LogP contribution >= 0.6 is 35.0 Å². The Balaban J connectivity index is 1.92. The molecule has 0 bridgehead atoms. The Labute approximate surface area is 185 Å². The molecule has 2 aromatic carbocycles. The molecule has 2 aromatic rings. The van der Waals surface area contributed by atoms with E-state index in [1.165, 1.54) is 4.90 Å². The summed E-state index contributed by atoms with van der Waals surface area (Å²) in [7, 11) is 3.23. The van der Waals surface area contributed by atoms with Crippen molar-refractivity contribution in [1.82, 2.24) is 10.2 Å². The van der Waals surface area contributed by atoms with Gasteiger partial charge in [-0.05, 0) is 42.3 Å². The van der Waals surface area contributed by atoms with Crippen molar-refractivity contribution in [2.75, 3.05) is 33.9 Å². The molecule has 0 spiro atoms. The van der Waals surface area contributed by atoms with Crippen molar-refractivity contribution in [1.29, 1.82) is 0 Å². The van der Waals surface area contributed by atoms with Gasteiger partial charge in [-0.3, -0.25) is 9.59 Å². The van der Waals surface area contributed by atoms with Gasteiger partial charge in [0.15, 0.2) is 0 Å². The number of nitrogens with one attached hydrogen (secondary N) is 1. The standard InChI is InChI=1S/C21H24Cl2N2O3S/c1-25(13-20(26)24-9-4-10-28-2)21(27)16-6-3-5-15(11-16)14-29-19-12-17(22)7-8-18(19)23/h3,5-8,11-12H,4,9-10,13-14H2,1-2H3,(H,24,26). The third kappa shape index (κ3) is 7.90. The van der Waals surface area contributed by atoms with E-state index in [0.717, 1.165) is 16.9 Å². The van der Waals surface area contributed by atoms with E-state index in [2.05, 4.69) is 5.32 Å². The van der Waals surface area contributed by atoms with E-state index in [-0.39, 0.29) is 18.4 Å². The smallest absolute Gasteiger partial charge is 0.254 e. The van der Waals surface area contributed by atoms with Crippen molar-refractivity contribution in [3.05, 3.63) is 63.6 Å². The summed E-state index contributed by atoms with van der Waals surface area (Å²) in [6, 6.07) is 12.7. The summed E-state index contributed by atoms with van der Waals surface area (Å²) in [5, 5.41) is 4.04. The lowest BCUT2D eigenvalue weighted by Gasteiger charge is -2.17. The molecule has 8 heteroatoms. The SMILES string of the molecule is COCCCNC(=O)CN(C)C(=O)c1cccc(CSc2cc(Cl)ccc2Cl)c1. The number of rotatable bonds is 10. The highest BCUT2D eigenvalue weighted by atomic mass is 35.5. The minimum Gasteiger partial charge on any atom is -0.385 e. The molecule has 0 saturated carbocycles. The largest absolute Gasteiger partial charge is 0.385 e. The number of benzene rings is 2. The lowest BCUT2D eigenvalue weighted by atomic mass is 10.1. The fourth-order valence-corrected chi connectivity index (χ4v) is 3.99. The van der Waals surface area contributed by atoms with E-state index in [0.29, 0.717) is 34.5 Å². The molecule has 0 atom stereocenters. The zero-order chi connectivity index (χ0) is 21.2. The van der Waals surface area contributed by atoms with Gasteiger partial charge in [-0.1, -0.05) is 35.3 Å². The average molecular weight is 455 g/mol. The van der Waals surface area contributed by atoms with Crippen LogP contribution in [0.3, 0.4) is 0 Å². The predicted molar refractivity (Wildman–Crippen MR) is 119 cm³/mol. The van der Waals surface area contributed by atoms with E-state index in [1.54, 1.807) is 44.1 Å². The highest BCUT2D eigenvalue weighted by molar-refractivity contribution is 7.98. The first-order valence-electron chi connectivity index (χ1n) is 9.08. The molecule has 0 heterocycles. The van der Waals surface area contributed by atoms with Gasteiger partial charge in [-0.25, -0.2) is 0 Å². The summed E-state index contributed by atoms with van der Waals surface area (Å²) in [6.07, 6.45) is 0.732. The van der Waals surface area contributed by atoms with Crippen LogP contribution in [0.5, 0.6) is 0 Å². The van der Waals surface area contributed by atoms with Crippen molar-refractivity contribution < 1.29 is 14.3 Å². The topological polar surface area (TPSA) is 58.6 Å². The van der Waals surface area contributed by atoms with Crippen LogP contribution in [0, 0.1) is 0 Å². The Hall–Kier alpha value is -1.73. The number of thioether (sulfide) groups is 1. The van der Waals surface area contributed by atoms with Crippen LogP contribution in [-0.4, -0.2) is 50.6 Å². The first kappa shape index (κ1) is 23.5. The summed E-state index contributed by atoms with van der Waals surface area (Å²) < 4.78 is 4.94. The molecule has 0 radical (unpaired) electrons. The number of carbonyl (C=O) groups excluding carboxylic acids is 2. The van der Waals surface area contributed by atoms with Crippen LogP contribution in [0.2, 0.25) is 10.0 Å². The second kappa shape index (κ2) is 12.1. The molecule has 0 aliphatic rings.